The highest BCUT2D eigenvalue weighted by Crippen LogP contribution is 2.11. The molecule has 124 valence electrons. The number of benzene rings is 2. The quantitative estimate of drug-likeness (QED) is 0.750. The second kappa shape index (κ2) is 6.98. The van der Waals surface area contributed by atoms with Crippen molar-refractivity contribution in [2.24, 2.45) is 0 Å². The van der Waals surface area contributed by atoms with E-state index in [0.29, 0.717) is 0 Å². The van der Waals surface area contributed by atoms with Gasteiger partial charge in [-0.2, -0.15) is 0 Å². The van der Waals surface area contributed by atoms with Crippen molar-refractivity contribution in [1.82, 2.24) is 14.3 Å². The third kappa shape index (κ3) is 4.31. The van der Waals surface area contributed by atoms with Gasteiger partial charge in [0, 0.05) is 24.6 Å². The van der Waals surface area contributed by atoms with Crippen LogP contribution in [0.15, 0.2) is 67.3 Å². The monoisotopic (exact) mass is 341 g/mol. The number of imidazole rings is 1. The molecule has 0 fully saturated rings. The van der Waals surface area contributed by atoms with Crippen LogP contribution in [-0.4, -0.2) is 18.0 Å². The second-order valence-corrected chi connectivity index (χ2v) is 7.51. The van der Waals surface area contributed by atoms with Crippen LogP contribution in [0.25, 0.3) is 5.69 Å². The highest BCUT2D eigenvalue weighted by molar-refractivity contribution is 7.88. The van der Waals surface area contributed by atoms with Gasteiger partial charge in [0.05, 0.1) is 12.1 Å². The highest BCUT2D eigenvalue weighted by Gasteiger charge is 2.11. The van der Waals surface area contributed by atoms with E-state index in [0.717, 1.165) is 22.4 Å². The van der Waals surface area contributed by atoms with Crippen LogP contribution in [-0.2, 0) is 22.3 Å². The third-order valence-electron chi connectivity index (χ3n) is 3.71. The van der Waals surface area contributed by atoms with Crippen molar-refractivity contribution in [2.75, 3.05) is 0 Å². The Hall–Kier alpha value is -2.44. The summed E-state index contributed by atoms with van der Waals surface area (Å²) < 4.78 is 28.9. The zero-order valence-electron chi connectivity index (χ0n) is 13.4. The Kier molecular flexibility index (Phi) is 4.78. The van der Waals surface area contributed by atoms with Crippen molar-refractivity contribution in [3.05, 3.63) is 83.9 Å². The van der Waals surface area contributed by atoms with Crippen molar-refractivity contribution in [3.8, 4) is 5.69 Å². The molecule has 0 saturated carbocycles. The largest absolute Gasteiger partial charge is 0.306 e. The molecule has 0 saturated heterocycles. The van der Waals surface area contributed by atoms with Gasteiger partial charge in [-0.05, 0) is 30.2 Å². The van der Waals surface area contributed by atoms with Crippen molar-refractivity contribution in [1.29, 1.82) is 0 Å². The lowest BCUT2D eigenvalue weighted by molar-refractivity contribution is 0.580. The van der Waals surface area contributed by atoms with Crippen LogP contribution in [0, 0.1) is 6.92 Å². The Morgan fingerprint density at radius 3 is 2.29 bits per heavy atom. The summed E-state index contributed by atoms with van der Waals surface area (Å²) in [4.78, 5) is 4.01. The maximum atomic E-state index is 12.2. The zero-order chi connectivity index (χ0) is 17.0. The summed E-state index contributed by atoms with van der Waals surface area (Å²) in [6.45, 7) is 2.25. The number of hydrogen-bond donors (Lipinski definition) is 1. The first kappa shape index (κ1) is 16.4. The Bertz CT molecular complexity index is 884. The van der Waals surface area contributed by atoms with Gasteiger partial charge in [0.25, 0.3) is 0 Å². The molecule has 0 radical (unpaired) electrons. The van der Waals surface area contributed by atoms with Crippen LogP contribution < -0.4 is 4.72 Å². The molecule has 1 heterocycles. The topological polar surface area (TPSA) is 64.0 Å². The highest BCUT2D eigenvalue weighted by atomic mass is 32.2. The van der Waals surface area contributed by atoms with Gasteiger partial charge in [-0.1, -0.05) is 42.0 Å². The van der Waals surface area contributed by atoms with Crippen LogP contribution in [0.1, 0.15) is 16.7 Å². The van der Waals surface area contributed by atoms with Gasteiger partial charge in [0.15, 0.2) is 0 Å². The molecule has 24 heavy (non-hydrogen) atoms. The summed E-state index contributed by atoms with van der Waals surface area (Å²) in [6, 6.07) is 15.2. The van der Waals surface area contributed by atoms with Gasteiger partial charge < -0.3 is 4.57 Å². The summed E-state index contributed by atoms with van der Waals surface area (Å²) in [5.41, 5.74) is 3.79. The van der Waals surface area contributed by atoms with E-state index in [1.165, 1.54) is 0 Å². The SMILES string of the molecule is Cc1ccc(CS(=O)(=O)NCc2ccc(-n3ccnc3)cc2)cc1. The fourth-order valence-corrected chi connectivity index (χ4v) is 3.47. The fraction of sp³-hybridized carbons (Fsp3) is 0.167. The van der Waals surface area contributed by atoms with E-state index in [9.17, 15) is 8.42 Å². The van der Waals surface area contributed by atoms with E-state index in [1.807, 2.05) is 66.2 Å². The van der Waals surface area contributed by atoms with Crippen LogP contribution in [0.5, 0.6) is 0 Å². The predicted molar refractivity (Wildman–Crippen MR) is 94.2 cm³/mol. The van der Waals surface area contributed by atoms with Gasteiger partial charge in [0.1, 0.15) is 0 Å². The lowest BCUT2D eigenvalue weighted by Crippen LogP contribution is -2.24. The molecule has 5 nitrogen and oxygen atoms in total. The Morgan fingerprint density at radius 2 is 1.67 bits per heavy atom. The lowest BCUT2D eigenvalue weighted by Gasteiger charge is -2.08. The summed E-state index contributed by atoms with van der Waals surface area (Å²) in [7, 11) is -3.36. The molecule has 6 heteroatoms. The molecule has 3 aromatic rings. The average Bonchev–Trinajstić information content (AvgIpc) is 3.10. The summed E-state index contributed by atoms with van der Waals surface area (Å²) in [5, 5.41) is 0. The molecule has 1 aromatic heterocycles. The Balaban J connectivity index is 1.61. The number of nitrogens with one attached hydrogen (secondary N) is 1. The molecule has 1 N–H and O–H groups in total. The minimum atomic E-state index is -3.36. The number of aromatic nitrogens is 2. The first-order valence-corrected chi connectivity index (χ1v) is 9.27. The first-order valence-electron chi connectivity index (χ1n) is 7.62. The standard InChI is InChI=1S/C18H19N3O2S/c1-15-2-4-17(5-3-15)13-24(22,23)20-12-16-6-8-18(9-7-16)21-11-10-19-14-21/h2-11,14,20H,12-13H2,1H3. The van der Waals surface area contributed by atoms with Crippen molar-refractivity contribution >= 4 is 10.0 Å². The summed E-state index contributed by atoms with van der Waals surface area (Å²) in [5.74, 6) is -0.0135. The Morgan fingerprint density at radius 1 is 1.00 bits per heavy atom. The third-order valence-corrected chi connectivity index (χ3v) is 5.01. The minimum absolute atomic E-state index is 0.0135. The van der Waals surface area contributed by atoms with E-state index in [4.69, 9.17) is 0 Å². The van der Waals surface area contributed by atoms with Gasteiger partial charge in [-0.15, -0.1) is 0 Å². The van der Waals surface area contributed by atoms with Gasteiger partial charge in [0.2, 0.25) is 10.0 Å². The Labute approximate surface area is 142 Å². The normalized spacial score (nSPS) is 11.5. The first-order chi connectivity index (χ1) is 11.5. The molecular weight excluding hydrogens is 322 g/mol. The number of hydrogen-bond acceptors (Lipinski definition) is 3. The number of aryl methyl sites for hydroxylation is 1. The van der Waals surface area contributed by atoms with Crippen molar-refractivity contribution in [2.45, 2.75) is 19.2 Å². The van der Waals surface area contributed by atoms with E-state index in [-0.39, 0.29) is 12.3 Å². The van der Waals surface area contributed by atoms with Crippen LogP contribution in [0.3, 0.4) is 0 Å². The number of sulfonamides is 1. The summed E-state index contributed by atoms with van der Waals surface area (Å²) >= 11 is 0. The lowest BCUT2D eigenvalue weighted by atomic mass is 10.2. The maximum absolute atomic E-state index is 12.2. The molecule has 0 spiro atoms. The van der Waals surface area contributed by atoms with E-state index < -0.39 is 10.0 Å². The van der Waals surface area contributed by atoms with Crippen molar-refractivity contribution < 1.29 is 8.42 Å². The van der Waals surface area contributed by atoms with E-state index in [1.54, 1.807) is 12.5 Å². The van der Waals surface area contributed by atoms with Crippen LogP contribution in [0.4, 0.5) is 0 Å². The minimum Gasteiger partial charge on any atom is -0.306 e. The summed E-state index contributed by atoms with van der Waals surface area (Å²) in [6.07, 6.45) is 5.30. The van der Waals surface area contributed by atoms with Crippen LogP contribution in [0.2, 0.25) is 0 Å². The molecule has 0 aliphatic rings. The maximum Gasteiger partial charge on any atom is 0.216 e. The average molecular weight is 341 g/mol. The van der Waals surface area contributed by atoms with E-state index >= 15 is 0 Å². The smallest absolute Gasteiger partial charge is 0.216 e. The molecule has 0 aliphatic heterocycles. The molecule has 3 rings (SSSR count). The number of rotatable bonds is 6. The predicted octanol–water partition coefficient (Wildman–Crippen LogP) is 2.80. The van der Waals surface area contributed by atoms with Crippen LogP contribution >= 0.6 is 0 Å². The van der Waals surface area contributed by atoms with Crippen molar-refractivity contribution in [3.63, 3.8) is 0 Å². The molecule has 2 aromatic carbocycles. The van der Waals surface area contributed by atoms with Gasteiger partial charge >= 0.3 is 0 Å². The second-order valence-electron chi connectivity index (χ2n) is 5.70. The number of nitrogens with zero attached hydrogens (tertiary/aromatic N) is 2. The molecule has 0 unspecified atom stereocenters. The molecule has 0 atom stereocenters. The molecule has 0 amide bonds. The molecule has 0 bridgehead atoms. The van der Waals surface area contributed by atoms with Gasteiger partial charge in [-0.3, -0.25) is 0 Å². The molecule has 0 aliphatic carbocycles. The molecular formula is C18H19N3O2S. The zero-order valence-corrected chi connectivity index (χ0v) is 14.2. The fourth-order valence-electron chi connectivity index (χ4n) is 2.35. The van der Waals surface area contributed by atoms with Gasteiger partial charge in [-0.25, -0.2) is 18.1 Å². The van der Waals surface area contributed by atoms with E-state index in [2.05, 4.69) is 9.71 Å².